The molecule has 4 N–H and O–H groups in total. The highest BCUT2D eigenvalue weighted by molar-refractivity contribution is 5.42. The van der Waals surface area contributed by atoms with E-state index >= 15 is 0 Å². The van der Waals surface area contributed by atoms with Crippen LogP contribution in [0.3, 0.4) is 0 Å². The fourth-order valence-corrected chi connectivity index (χ4v) is 1.46. The van der Waals surface area contributed by atoms with Crippen molar-refractivity contribution < 1.29 is 0 Å². The van der Waals surface area contributed by atoms with Gasteiger partial charge in [-0.2, -0.15) is 15.0 Å². The SMILES string of the molecule is CCCCCCNc1nc(NN)nc(N(C)C)n1. The lowest BCUT2D eigenvalue weighted by atomic mass is 10.2. The second kappa shape index (κ2) is 7.65. The van der Waals surface area contributed by atoms with E-state index in [1.807, 2.05) is 19.0 Å². The highest BCUT2D eigenvalue weighted by atomic mass is 15.4. The summed E-state index contributed by atoms with van der Waals surface area (Å²) >= 11 is 0. The first-order valence-corrected chi connectivity index (χ1v) is 6.31. The van der Waals surface area contributed by atoms with Crippen molar-refractivity contribution in [1.29, 1.82) is 0 Å². The largest absolute Gasteiger partial charge is 0.354 e. The molecule has 0 aliphatic rings. The van der Waals surface area contributed by atoms with Crippen LogP contribution in [-0.2, 0) is 0 Å². The Hall–Kier alpha value is -1.63. The summed E-state index contributed by atoms with van der Waals surface area (Å²) in [5, 5.41) is 3.19. The Kier molecular flexibility index (Phi) is 6.13. The Balaban J connectivity index is 2.56. The van der Waals surface area contributed by atoms with E-state index in [1.165, 1.54) is 19.3 Å². The van der Waals surface area contributed by atoms with Gasteiger partial charge in [-0.15, -0.1) is 0 Å². The fraction of sp³-hybridized carbons (Fsp3) is 0.727. The fourth-order valence-electron chi connectivity index (χ4n) is 1.46. The number of nitrogens with zero attached hydrogens (tertiary/aromatic N) is 4. The normalized spacial score (nSPS) is 10.2. The standard InChI is InChI=1S/C11H23N7/c1-4-5-6-7-8-13-9-14-10(17-12)16-11(15-9)18(2)3/h4-8,12H2,1-3H3,(H2,13,14,15,16,17). The molecule has 0 aliphatic heterocycles. The maximum atomic E-state index is 5.33. The maximum Gasteiger partial charge on any atom is 0.243 e. The minimum atomic E-state index is 0.366. The molecular weight excluding hydrogens is 230 g/mol. The summed E-state index contributed by atoms with van der Waals surface area (Å²) in [6.45, 7) is 3.06. The van der Waals surface area contributed by atoms with E-state index in [9.17, 15) is 0 Å². The van der Waals surface area contributed by atoms with Crippen molar-refractivity contribution >= 4 is 17.8 Å². The van der Waals surface area contributed by atoms with Gasteiger partial charge in [-0.1, -0.05) is 26.2 Å². The highest BCUT2D eigenvalue weighted by Gasteiger charge is 2.06. The molecule has 0 unspecified atom stereocenters. The molecule has 0 saturated carbocycles. The van der Waals surface area contributed by atoms with Crippen LogP contribution in [0.1, 0.15) is 32.6 Å². The molecule has 18 heavy (non-hydrogen) atoms. The number of unbranched alkanes of at least 4 members (excludes halogenated alkanes) is 3. The second-order valence-electron chi connectivity index (χ2n) is 4.31. The van der Waals surface area contributed by atoms with Gasteiger partial charge in [0.1, 0.15) is 0 Å². The number of nitrogens with two attached hydrogens (primary N) is 1. The van der Waals surface area contributed by atoms with E-state index in [4.69, 9.17) is 5.84 Å². The molecule has 0 fully saturated rings. The van der Waals surface area contributed by atoms with E-state index < -0.39 is 0 Å². The molecular formula is C11H23N7. The van der Waals surface area contributed by atoms with Crippen molar-refractivity contribution in [2.24, 2.45) is 5.84 Å². The third kappa shape index (κ3) is 4.70. The van der Waals surface area contributed by atoms with Crippen molar-refractivity contribution in [3.05, 3.63) is 0 Å². The summed E-state index contributed by atoms with van der Waals surface area (Å²) < 4.78 is 0. The van der Waals surface area contributed by atoms with Crippen molar-refractivity contribution in [2.45, 2.75) is 32.6 Å². The van der Waals surface area contributed by atoms with Gasteiger partial charge in [-0.05, 0) is 6.42 Å². The van der Waals surface area contributed by atoms with Gasteiger partial charge in [0.05, 0.1) is 0 Å². The summed E-state index contributed by atoms with van der Waals surface area (Å²) in [4.78, 5) is 14.4. The molecule has 0 radical (unpaired) electrons. The van der Waals surface area contributed by atoms with Crippen molar-refractivity contribution in [2.75, 3.05) is 36.3 Å². The van der Waals surface area contributed by atoms with E-state index in [2.05, 4.69) is 32.6 Å². The first kappa shape index (κ1) is 14.4. The molecule has 0 amide bonds. The maximum absolute atomic E-state index is 5.33. The Labute approximate surface area is 108 Å². The number of nitrogens with one attached hydrogen (secondary N) is 2. The van der Waals surface area contributed by atoms with Gasteiger partial charge in [0.2, 0.25) is 17.8 Å². The minimum Gasteiger partial charge on any atom is -0.354 e. The summed E-state index contributed by atoms with van der Waals surface area (Å²) in [5.41, 5.74) is 2.44. The number of rotatable bonds is 8. The van der Waals surface area contributed by atoms with Crippen LogP contribution in [0.15, 0.2) is 0 Å². The Morgan fingerprint density at radius 1 is 1.06 bits per heavy atom. The number of hydrazine groups is 1. The predicted molar refractivity (Wildman–Crippen MR) is 74.6 cm³/mol. The number of hydrogen-bond donors (Lipinski definition) is 3. The second-order valence-corrected chi connectivity index (χ2v) is 4.31. The first-order valence-electron chi connectivity index (χ1n) is 6.31. The molecule has 0 aliphatic carbocycles. The Morgan fingerprint density at radius 2 is 1.78 bits per heavy atom. The highest BCUT2D eigenvalue weighted by Crippen LogP contribution is 2.10. The van der Waals surface area contributed by atoms with Crippen LogP contribution in [0.4, 0.5) is 17.8 Å². The molecule has 1 heterocycles. The van der Waals surface area contributed by atoms with Crippen LogP contribution in [-0.4, -0.2) is 35.6 Å². The molecule has 7 nitrogen and oxygen atoms in total. The molecule has 0 spiro atoms. The van der Waals surface area contributed by atoms with E-state index in [1.54, 1.807) is 0 Å². The minimum absolute atomic E-state index is 0.366. The average Bonchev–Trinajstić information content (AvgIpc) is 2.38. The van der Waals surface area contributed by atoms with Crippen LogP contribution in [0.25, 0.3) is 0 Å². The van der Waals surface area contributed by atoms with Gasteiger partial charge in [0.15, 0.2) is 0 Å². The van der Waals surface area contributed by atoms with Crippen LogP contribution >= 0.6 is 0 Å². The van der Waals surface area contributed by atoms with E-state index in [0.29, 0.717) is 17.8 Å². The number of nitrogen functional groups attached to an aromatic ring is 1. The van der Waals surface area contributed by atoms with Crippen LogP contribution in [0, 0.1) is 0 Å². The van der Waals surface area contributed by atoms with E-state index in [-0.39, 0.29) is 0 Å². The smallest absolute Gasteiger partial charge is 0.243 e. The van der Waals surface area contributed by atoms with Gasteiger partial charge in [-0.3, -0.25) is 5.43 Å². The zero-order valence-electron chi connectivity index (χ0n) is 11.4. The third-order valence-corrected chi connectivity index (χ3v) is 2.47. The Bertz CT molecular complexity index is 353. The monoisotopic (exact) mass is 253 g/mol. The molecule has 7 heteroatoms. The predicted octanol–water partition coefficient (Wildman–Crippen LogP) is 1.22. The Morgan fingerprint density at radius 3 is 2.39 bits per heavy atom. The quantitative estimate of drug-likeness (QED) is 0.364. The summed E-state index contributed by atoms with van der Waals surface area (Å²) in [5.74, 6) is 6.83. The van der Waals surface area contributed by atoms with Crippen molar-refractivity contribution in [3.8, 4) is 0 Å². The van der Waals surface area contributed by atoms with Crippen molar-refractivity contribution in [1.82, 2.24) is 15.0 Å². The van der Waals surface area contributed by atoms with Crippen molar-refractivity contribution in [3.63, 3.8) is 0 Å². The summed E-state index contributed by atoms with van der Waals surface area (Å²) in [7, 11) is 3.75. The van der Waals surface area contributed by atoms with E-state index in [0.717, 1.165) is 13.0 Å². The lowest BCUT2D eigenvalue weighted by Gasteiger charge is -2.13. The molecule has 0 aromatic carbocycles. The molecule has 1 rings (SSSR count). The van der Waals surface area contributed by atoms with Gasteiger partial charge >= 0.3 is 0 Å². The number of hydrogen-bond acceptors (Lipinski definition) is 7. The van der Waals surface area contributed by atoms with Gasteiger partial charge in [0, 0.05) is 20.6 Å². The summed E-state index contributed by atoms with van der Waals surface area (Å²) in [6.07, 6.45) is 4.83. The molecule has 1 aromatic rings. The number of anilines is 3. The zero-order valence-corrected chi connectivity index (χ0v) is 11.4. The lowest BCUT2D eigenvalue weighted by Crippen LogP contribution is -2.19. The molecule has 0 atom stereocenters. The molecule has 1 aromatic heterocycles. The van der Waals surface area contributed by atoms with Crippen LogP contribution in [0.2, 0.25) is 0 Å². The van der Waals surface area contributed by atoms with Gasteiger partial charge < -0.3 is 10.2 Å². The molecule has 0 bridgehead atoms. The van der Waals surface area contributed by atoms with Gasteiger partial charge in [-0.25, -0.2) is 5.84 Å². The average molecular weight is 253 g/mol. The summed E-state index contributed by atoms with van der Waals surface area (Å²) in [6, 6.07) is 0. The van der Waals surface area contributed by atoms with Crippen LogP contribution < -0.4 is 21.5 Å². The van der Waals surface area contributed by atoms with Gasteiger partial charge in [0.25, 0.3) is 0 Å². The zero-order chi connectivity index (χ0) is 13.4. The molecule has 102 valence electrons. The number of aromatic nitrogens is 3. The van der Waals surface area contributed by atoms with Crippen LogP contribution in [0.5, 0.6) is 0 Å². The molecule has 0 saturated heterocycles. The topological polar surface area (TPSA) is 92.0 Å². The lowest BCUT2D eigenvalue weighted by molar-refractivity contribution is 0.683. The third-order valence-electron chi connectivity index (χ3n) is 2.47. The first-order chi connectivity index (χ1) is 8.67.